The molecule has 1 fully saturated rings. The fraction of sp³-hybridized carbons (Fsp3) is 0.857. The molecule has 6 nitrogen and oxygen atoms in total. The monoisotopic (exact) mass is 286 g/mol. The Labute approximate surface area is 120 Å². The van der Waals surface area contributed by atoms with Gasteiger partial charge in [0.05, 0.1) is 19.8 Å². The standard InChI is InChI=1S/C14H26N2O4/c1-4-11-7-12(15-14(18)20-6-3)9-16(8-11)10-13(17)19-5-2/h11-12H,4-10H2,1-3H3,(H,15,18). The summed E-state index contributed by atoms with van der Waals surface area (Å²) in [6.07, 6.45) is 1.57. The third-order valence-corrected chi connectivity index (χ3v) is 3.45. The number of piperidine rings is 1. The molecule has 1 saturated heterocycles. The molecule has 20 heavy (non-hydrogen) atoms. The van der Waals surface area contributed by atoms with Crippen LogP contribution in [0.25, 0.3) is 0 Å². The number of hydrogen-bond donors (Lipinski definition) is 1. The number of carbonyl (C=O) groups is 2. The van der Waals surface area contributed by atoms with Crippen molar-refractivity contribution in [2.24, 2.45) is 5.92 Å². The lowest BCUT2D eigenvalue weighted by atomic mass is 9.92. The van der Waals surface area contributed by atoms with E-state index >= 15 is 0 Å². The van der Waals surface area contributed by atoms with Gasteiger partial charge in [-0.25, -0.2) is 4.79 Å². The second kappa shape index (κ2) is 8.79. The Morgan fingerprint density at radius 3 is 2.45 bits per heavy atom. The van der Waals surface area contributed by atoms with E-state index in [1.54, 1.807) is 13.8 Å². The molecule has 2 atom stereocenters. The lowest BCUT2D eigenvalue weighted by molar-refractivity contribution is -0.145. The van der Waals surface area contributed by atoms with E-state index in [1.807, 2.05) is 4.90 Å². The summed E-state index contributed by atoms with van der Waals surface area (Å²) in [4.78, 5) is 25.1. The van der Waals surface area contributed by atoms with Crippen LogP contribution in [-0.4, -0.2) is 55.9 Å². The molecule has 0 aromatic heterocycles. The second-order valence-corrected chi connectivity index (χ2v) is 5.07. The maximum Gasteiger partial charge on any atom is 0.407 e. The number of ether oxygens (including phenoxy) is 2. The molecule has 6 heteroatoms. The number of carbonyl (C=O) groups excluding carboxylic acids is 2. The van der Waals surface area contributed by atoms with Gasteiger partial charge in [0.25, 0.3) is 0 Å². The van der Waals surface area contributed by atoms with Crippen LogP contribution in [0.3, 0.4) is 0 Å². The third kappa shape index (κ3) is 5.77. The fourth-order valence-corrected chi connectivity index (χ4v) is 2.56. The minimum Gasteiger partial charge on any atom is -0.465 e. The number of amides is 1. The van der Waals surface area contributed by atoms with E-state index in [2.05, 4.69) is 12.2 Å². The van der Waals surface area contributed by atoms with Crippen LogP contribution in [0.4, 0.5) is 4.79 Å². The summed E-state index contributed by atoms with van der Waals surface area (Å²) in [6, 6.07) is 0.0298. The van der Waals surface area contributed by atoms with Crippen molar-refractivity contribution in [2.45, 2.75) is 39.7 Å². The zero-order valence-corrected chi connectivity index (χ0v) is 12.7. The first-order valence-electron chi connectivity index (χ1n) is 7.40. The van der Waals surface area contributed by atoms with Crippen LogP contribution < -0.4 is 5.32 Å². The molecule has 0 spiro atoms. The van der Waals surface area contributed by atoms with Gasteiger partial charge in [-0.1, -0.05) is 13.3 Å². The lowest BCUT2D eigenvalue weighted by Crippen LogP contribution is -2.52. The molecule has 0 aromatic carbocycles. The van der Waals surface area contributed by atoms with Crippen LogP contribution in [0, 0.1) is 5.92 Å². The number of nitrogens with zero attached hydrogens (tertiary/aromatic N) is 1. The lowest BCUT2D eigenvalue weighted by Gasteiger charge is -2.37. The molecule has 0 aromatic rings. The van der Waals surface area contributed by atoms with E-state index < -0.39 is 0 Å². The Bertz CT molecular complexity index is 294. The van der Waals surface area contributed by atoms with Gasteiger partial charge in [0.1, 0.15) is 0 Å². The van der Waals surface area contributed by atoms with E-state index in [-0.39, 0.29) is 24.6 Å². The maximum absolute atomic E-state index is 11.6. The predicted molar refractivity (Wildman–Crippen MR) is 75.4 cm³/mol. The molecule has 1 heterocycles. The third-order valence-electron chi connectivity index (χ3n) is 3.45. The summed E-state index contributed by atoms with van der Waals surface area (Å²) in [7, 11) is 0. The van der Waals surface area contributed by atoms with E-state index in [4.69, 9.17) is 9.47 Å². The quantitative estimate of drug-likeness (QED) is 0.747. The maximum atomic E-state index is 11.6. The Hall–Kier alpha value is -1.30. The van der Waals surface area contributed by atoms with Crippen molar-refractivity contribution in [3.63, 3.8) is 0 Å². The molecule has 0 bridgehead atoms. The summed E-state index contributed by atoms with van der Waals surface area (Å²) < 4.78 is 9.88. The smallest absolute Gasteiger partial charge is 0.407 e. The van der Waals surface area contributed by atoms with Gasteiger partial charge >= 0.3 is 12.1 Å². The van der Waals surface area contributed by atoms with Gasteiger partial charge in [0.2, 0.25) is 0 Å². The van der Waals surface area contributed by atoms with Crippen molar-refractivity contribution in [3.8, 4) is 0 Å². The highest BCUT2D eigenvalue weighted by atomic mass is 16.5. The first kappa shape index (κ1) is 16.8. The molecule has 1 amide bonds. The molecule has 1 rings (SSSR count). The molecule has 116 valence electrons. The van der Waals surface area contributed by atoms with Gasteiger partial charge in [-0.3, -0.25) is 9.69 Å². The molecular formula is C14H26N2O4. The number of nitrogens with one attached hydrogen (secondary N) is 1. The minimum absolute atomic E-state index is 0.0298. The second-order valence-electron chi connectivity index (χ2n) is 5.07. The van der Waals surface area contributed by atoms with Gasteiger partial charge in [-0.15, -0.1) is 0 Å². The highest BCUT2D eigenvalue weighted by molar-refractivity contribution is 5.71. The van der Waals surface area contributed by atoms with Crippen LogP contribution >= 0.6 is 0 Å². The fourth-order valence-electron chi connectivity index (χ4n) is 2.56. The average molecular weight is 286 g/mol. The molecular weight excluding hydrogens is 260 g/mol. The van der Waals surface area contributed by atoms with Crippen molar-refractivity contribution in [3.05, 3.63) is 0 Å². The zero-order chi connectivity index (χ0) is 15.0. The summed E-state index contributed by atoms with van der Waals surface area (Å²) in [5.41, 5.74) is 0. The van der Waals surface area contributed by atoms with Crippen molar-refractivity contribution in [1.29, 1.82) is 0 Å². The number of esters is 1. The molecule has 1 aliphatic rings. The van der Waals surface area contributed by atoms with E-state index in [1.165, 1.54) is 0 Å². The Morgan fingerprint density at radius 2 is 1.85 bits per heavy atom. The number of hydrogen-bond acceptors (Lipinski definition) is 5. The molecule has 1 N–H and O–H groups in total. The van der Waals surface area contributed by atoms with Crippen LogP contribution in [0.5, 0.6) is 0 Å². The Kier molecular flexibility index (Phi) is 7.36. The van der Waals surface area contributed by atoms with Gasteiger partial charge < -0.3 is 14.8 Å². The Balaban J connectivity index is 2.50. The van der Waals surface area contributed by atoms with Gasteiger partial charge in [-0.2, -0.15) is 0 Å². The Morgan fingerprint density at radius 1 is 1.15 bits per heavy atom. The highest BCUT2D eigenvalue weighted by Gasteiger charge is 2.28. The summed E-state index contributed by atoms with van der Waals surface area (Å²) in [5.74, 6) is 0.268. The van der Waals surface area contributed by atoms with Crippen LogP contribution in [0.1, 0.15) is 33.6 Å². The van der Waals surface area contributed by atoms with E-state index in [9.17, 15) is 9.59 Å². The van der Waals surface area contributed by atoms with Crippen LogP contribution in [-0.2, 0) is 14.3 Å². The molecule has 0 aliphatic carbocycles. The first-order valence-corrected chi connectivity index (χ1v) is 7.40. The summed E-state index contributed by atoms with van der Waals surface area (Å²) in [6.45, 7) is 8.28. The van der Waals surface area contributed by atoms with Crippen molar-refractivity contribution in [1.82, 2.24) is 10.2 Å². The van der Waals surface area contributed by atoms with Crippen molar-refractivity contribution < 1.29 is 19.1 Å². The number of alkyl carbamates (subject to hydrolysis) is 1. The van der Waals surface area contributed by atoms with Gasteiger partial charge in [-0.05, 0) is 26.2 Å². The first-order chi connectivity index (χ1) is 9.58. The number of likely N-dealkylation sites (tertiary alicyclic amines) is 1. The predicted octanol–water partition coefficient (Wildman–Crippen LogP) is 1.40. The van der Waals surface area contributed by atoms with Crippen molar-refractivity contribution in [2.75, 3.05) is 32.8 Å². The molecule has 0 radical (unpaired) electrons. The van der Waals surface area contributed by atoms with Crippen LogP contribution in [0.2, 0.25) is 0 Å². The van der Waals surface area contributed by atoms with Crippen molar-refractivity contribution >= 4 is 12.1 Å². The SMILES string of the molecule is CCOC(=O)CN1CC(CC)CC(NC(=O)OCC)C1. The zero-order valence-electron chi connectivity index (χ0n) is 12.7. The topological polar surface area (TPSA) is 67.9 Å². The molecule has 1 aliphatic heterocycles. The average Bonchev–Trinajstić information content (AvgIpc) is 2.38. The highest BCUT2D eigenvalue weighted by Crippen LogP contribution is 2.19. The van der Waals surface area contributed by atoms with E-state index in [0.29, 0.717) is 25.7 Å². The minimum atomic E-state index is -0.384. The van der Waals surface area contributed by atoms with Gasteiger partial charge in [0, 0.05) is 19.1 Å². The summed E-state index contributed by atoms with van der Waals surface area (Å²) >= 11 is 0. The molecule has 2 unspecified atom stereocenters. The van der Waals surface area contributed by atoms with Crippen LogP contribution in [0.15, 0.2) is 0 Å². The largest absolute Gasteiger partial charge is 0.465 e. The molecule has 0 saturated carbocycles. The van der Waals surface area contributed by atoms with E-state index in [0.717, 1.165) is 19.4 Å². The van der Waals surface area contributed by atoms with Gasteiger partial charge in [0.15, 0.2) is 0 Å². The summed E-state index contributed by atoms with van der Waals surface area (Å²) in [5, 5.41) is 2.86. The normalized spacial score (nSPS) is 23.1. The number of rotatable bonds is 6.